The van der Waals surface area contributed by atoms with Gasteiger partial charge < -0.3 is 49.2 Å². The lowest BCUT2D eigenvalue weighted by molar-refractivity contribution is -0.133. The number of para-hydroxylation sites is 1. The standard InChI is InChI=1S/C28H44N10O4/c29-12-4-3-9-21(36-25(40)20-10-5-13-33-20)26(41)37-22(11-6-14-34-28(31)32)27(42)38-23(24(30)39)15-17-16-35-19-8-2-1-7-18(17)19/h1-2,7-8,16,20-23,33,35H,3-6,9-15,29H2,(H2,30,39)(H,36,40)(H,37,41)(H,38,42)(H4,31,32,34)/t20-,21-,22-,23-/m0/s1. The van der Waals surface area contributed by atoms with E-state index < -0.39 is 35.8 Å². The number of guanidine groups is 1. The number of carbonyl (C=O) groups excluding carboxylic acids is 4. The molecule has 14 nitrogen and oxygen atoms in total. The maximum absolute atomic E-state index is 13.5. The van der Waals surface area contributed by atoms with Gasteiger partial charge in [0.25, 0.3) is 0 Å². The third-order valence-electron chi connectivity index (χ3n) is 7.29. The smallest absolute Gasteiger partial charge is 0.243 e. The number of hydrogen-bond donors (Lipinski definition) is 9. The van der Waals surface area contributed by atoms with Crippen LogP contribution in [-0.4, -0.2) is 78.4 Å². The van der Waals surface area contributed by atoms with Crippen LogP contribution in [-0.2, 0) is 25.6 Å². The second-order valence-corrected chi connectivity index (χ2v) is 10.5. The highest BCUT2D eigenvalue weighted by molar-refractivity contribution is 5.95. The van der Waals surface area contributed by atoms with Crippen LogP contribution in [0.2, 0.25) is 0 Å². The molecule has 3 rings (SSSR count). The summed E-state index contributed by atoms with van der Waals surface area (Å²) in [5.74, 6) is -2.15. The first-order valence-corrected chi connectivity index (χ1v) is 14.4. The zero-order valence-electron chi connectivity index (χ0n) is 23.9. The van der Waals surface area contributed by atoms with E-state index in [0.29, 0.717) is 38.6 Å². The molecular formula is C28H44N10O4. The highest BCUT2D eigenvalue weighted by Gasteiger charge is 2.31. The Balaban J connectivity index is 1.74. The number of H-pyrrole nitrogens is 1. The van der Waals surface area contributed by atoms with Crippen LogP contribution in [0.15, 0.2) is 35.5 Å². The van der Waals surface area contributed by atoms with Crippen molar-refractivity contribution < 1.29 is 19.2 Å². The first-order valence-electron chi connectivity index (χ1n) is 14.4. The van der Waals surface area contributed by atoms with Crippen molar-refractivity contribution in [2.75, 3.05) is 19.6 Å². The van der Waals surface area contributed by atoms with Crippen molar-refractivity contribution in [3.05, 3.63) is 36.0 Å². The number of primary amides is 1. The Morgan fingerprint density at radius 2 is 1.62 bits per heavy atom. The number of nitrogens with two attached hydrogens (primary N) is 4. The van der Waals surface area contributed by atoms with Crippen LogP contribution in [0.1, 0.15) is 50.5 Å². The molecule has 0 radical (unpaired) electrons. The predicted molar refractivity (Wildman–Crippen MR) is 161 cm³/mol. The summed E-state index contributed by atoms with van der Waals surface area (Å²) in [6.45, 7) is 1.42. The average molecular weight is 585 g/mol. The third-order valence-corrected chi connectivity index (χ3v) is 7.29. The second-order valence-electron chi connectivity index (χ2n) is 10.5. The molecule has 2 aromatic rings. The molecule has 1 aromatic heterocycles. The van der Waals surface area contributed by atoms with Crippen LogP contribution in [0.5, 0.6) is 0 Å². The number of amides is 4. The van der Waals surface area contributed by atoms with E-state index in [1.165, 1.54) is 0 Å². The summed E-state index contributed by atoms with van der Waals surface area (Å²) in [6, 6.07) is 4.30. The number of nitrogens with zero attached hydrogens (tertiary/aromatic N) is 1. The van der Waals surface area contributed by atoms with Crippen molar-refractivity contribution in [2.45, 2.75) is 75.5 Å². The summed E-state index contributed by atoms with van der Waals surface area (Å²) in [4.78, 5) is 59.2. The lowest BCUT2D eigenvalue weighted by Crippen LogP contribution is -2.57. The van der Waals surface area contributed by atoms with Gasteiger partial charge in [-0.25, -0.2) is 0 Å². The maximum atomic E-state index is 13.5. The van der Waals surface area contributed by atoms with Gasteiger partial charge in [0, 0.05) is 30.1 Å². The van der Waals surface area contributed by atoms with E-state index in [0.717, 1.165) is 29.4 Å². The van der Waals surface area contributed by atoms with Crippen LogP contribution in [0, 0.1) is 0 Å². The number of aliphatic imine (C=N–C) groups is 1. The van der Waals surface area contributed by atoms with Crippen molar-refractivity contribution in [1.82, 2.24) is 26.3 Å². The molecule has 1 aliphatic heterocycles. The number of unbranched alkanes of at least 4 members (excludes halogenated alkanes) is 1. The molecule has 230 valence electrons. The van der Waals surface area contributed by atoms with Gasteiger partial charge in [-0.2, -0.15) is 0 Å². The molecule has 1 fully saturated rings. The van der Waals surface area contributed by atoms with E-state index in [-0.39, 0.29) is 37.3 Å². The van der Waals surface area contributed by atoms with Crippen molar-refractivity contribution >= 4 is 40.5 Å². The second kappa shape index (κ2) is 16.3. The van der Waals surface area contributed by atoms with E-state index in [1.807, 2.05) is 24.3 Å². The van der Waals surface area contributed by atoms with Crippen LogP contribution in [0.4, 0.5) is 0 Å². The Bertz CT molecular complexity index is 1240. The number of nitrogens with one attached hydrogen (secondary N) is 5. The molecule has 0 bridgehead atoms. The number of fused-ring (bicyclic) bond motifs is 1. The molecule has 14 heteroatoms. The lowest BCUT2D eigenvalue weighted by Gasteiger charge is -2.25. The molecule has 0 saturated carbocycles. The summed E-state index contributed by atoms with van der Waals surface area (Å²) in [5.41, 5.74) is 23.8. The molecule has 1 aromatic carbocycles. The van der Waals surface area contributed by atoms with Crippen molar-refractivity contribution in [3.8, 4) is 0 Å². The van der Waals surface area contributed by atoms with Gasteiger partial charge in [0.05, 0.1) is 6.04 Å². The fourth-order valence-corrected chi connectivity index (χ4v) is 5.00. The maximum Gasteiger partial charge on any atom is 0.243 e. The molecule has 13 N–H and O–H groups in total. The fraction of sp³-hybridized carbons (Fsp3) is 0.536. The third kappa shape index (κ3) is 9.73. The number of hydrogen-bond acceptors (Lipinski definition) is 7. The topological polar surface area (TPSA) is 249 Å². The largest absolute Gasteiger partial charge is 0.370 e. The van der Waals surface area contributed by atoms with E-state index in [1.54, 1.807) is 6.20 Å². The van der Waals surface area contributed by atoms with Gasteiger partial charge in [-0.3, -0.25) is 24.2 Å². The minimum absolute atomic E-state index is 0.0873. The Hall–Kier alpha value is -4.17. The molecule has 0 unspecified atom stereocenters. The number of aromatic amines is 1. The number of aromatic nitrogens is 1. The molecule has 4 atom stereocenters. The van der Waals surface area contributed by atoms with Crippen LogP contribution in [0.25, 0.3) is 10.9 Å². The van der Waals surface area contributed by atoms with E-state index >= 15 is 0 Å². The Kier molecular flexibility index (Phi) is 12.6. The van der Waals surface area contributed by atoms with Gasteiger partial charge in [0.15, 0.2) is 5.96 Å². The molecule has 1 aliphatic rings. The Morgan fingerprint density at radius 3 is 2.29 bits per heavy atom. The number of carbonyl (C=O) groups is 4. The monoisotopic (exact) mass is 584 g/mol. The van der Waals surface area contributed by atoms with Crippen LogP contribution >= 0.6 is 0 Å². The van der Waals surface area contributed by atoms with Gasteiger partial charge >= 0.3 is 0 Å². The molecule has 0 aliphatic carbocycles. The molecule has 1 saturated heterocycles. The van der Waals surface area contributed by atoms with Gasteiger partial charge in [-0.05, 0) is 69.7 Å². The predicted octanol–water partition coefficient (Wildman–Crippen LogP) is -1.42. The highest BCUT2D eigenvalue weighted by Crippen LogP contribution is 2.19. The lowest BCUT2D eigenvalue weighted by atomic mass is 10.0. The highest BCUT2D eigenvalue weighted by atomic mass is 16.2. The molecule has 0 spiro atoms. The molecule has 2 heterocycles. The molecule has 42 heavy (non-hydrogen) atoms. The molecular weight excluding hydrogens is 540 g/mol. The van der Waals surface area contributed by atoms with Crippen LogP contribution < -0.4 is 44.2 Å². The first kappa shape index (κ1) is 32.3. The summed E-state index contributed by atoms with van der Waals surface area (Å²) < 4.78 is 0. The van der Waals surface area contributed by atoms with E-state index in [9.17, 15) is 19.2 Å². The summed E-state index contributed by atoms with van der Waals surface area (Å²) in [6.07, 6.45) is 5.69. The quantitative estimate of drug-likeness (QED) is 0.0605. The summed E-state index contributed by atoms with van der Waals surface area (Å²) in [5, 5.41) is 12.4. The fourth-order valence-electron chi connectivity index (χ4n) is 5.00. The molecule has 4 amide bonds. The summed E-state index contributed by atoms with van der Waals surface area (Å²) in [7, 11) is 0. The van der Waals surface area contributed by atoms with Crippen molar-refractivity contribution in [1.29, 1.82) is 0 Å². The van der Waals surface area contributed by atoms with Crippen LogP contribution in [0.3, 0.4) is 0 Å². The van der Waals surface area contributed by atoms with Gasteiger partial charge in [-0.1, -0.05) is 18.2 Å². The minimum Gasteiger partial charge on any atom is -0.370 e. The van der Waals surface area contributed by atoms with Gasteiger partial charge in [-0.15, -0.1) is 0 Å². The normalized spacial score (nSPS) is 16.7. The zero-order valence-corrected chi connectivity index (χ0v) is 23.9. The van der Waals surface area contributed by atoms with Crippen molar-refractivity contribution in [2.24, 2.45) is 27.9 Å². The number of rotatable bonds is 17. The van der Waals surface area contributed by atoms with E-state index in [4.69, 9.17) is 22.9 Å². The minimum atomic E-state index is -1.03. The zero-order chi connectivity index (χ0) is 30.5. The van der Waals surface area contributed by atoms with E-state index in [2.05, 4.69) is 31.2 Å². The van der Waals surface area contributed by atoms with Crippen molar-refractivity contribution in [3.63, 3.8) is 0 Å². The average Bonchev–Trinajstić information content (AvgIpc) is 3.64. The SMILES string of the molecule is NCCCC[C@H](NC(=O)[C@@H]1CCCN1)C(=O)N[C@@H](CCCN=C(N)N)C(=O)N[C@@H](Cc1c[nH]c2ccccc12)C(N)=O. The number of benzene rings is 1. The summed E-state index contributed by atoms with van der Waals surface area (Å²) >= 11 is 0. The Labute approximate surface area is 245 Å². The Morgan fingerprint density at radius 1 is 0.929 bits per heavy atom. The van der Waals surface area contributed by atoms with Gasteiger partial charge in [0.2, 0.25) is 23.6 Å². The van der Waals surface area contributed by atoms with Gasteiger partial charge in [0.1, 0.15) is 18.1 Å². The first-order chi connectivity index (χ1) is 20.2.